The summed E-state index contributed by atoms with van der Waals surface area (Å²) < 4.78 is 1.94. The van der Waals surface area contributed by atoms with Crippen LogP contribution in [-0.4, -0.2) is 36.8 Å². The third-order valence-corrected chi connectivity index (χ3v) is 4.40. The van der Waals surface area contributed by atoms with Crippen LogP contribution in [0.25, 0.3) is 11.2 Å². The maximum absolute atomic E-state index is 9.95. The highest BCUT2D eigenvalue weighted by Crippen LogP contribution is 2.25. The van der Waals surface area contributed by atoms with E-state index < -0.39 is 5.60 Å². The van der Waals surface area contributed by atoms with Gasteiger partial charge in [0.15, 0.2) is 17.0 Å². The van der Waals surface area contributed by atoms with E-state index in [1.807, 2.05) is 23.6 Å². The van der Waals surface area contributed by atoms with Gasteiger partial charge in [0, 0.05) is 19.6 Å². The van der Waals surface area contributed by atoms with Gasteiger partial charge in [-0.05, 0) is 32.4 Å². The summed E-state index contributed by atoms with van der Waals surface area (Å²) in [6.45, 7) is 6.96. The Morgan fingerprint density at radius 3 is 2.74 bits per heavy atom. The lowest BCUT2D eigenvalue weighted by atomic mass is 10.1. The first-order chi connectivity index (χ1) is 12.8. The van der Waals surface area contributed by atoms with Crippen LogP contribution in [0.3, 0.4) is 0 Å². The molecular formula is C18H24ClN7O. The van der Waals surface area contributed by atoms with Gasteiger partial charge in [0.05, 0.1) is 22.6 Å². The Hall–Kier alpha value is -2.58. The van der Waals surface area contributed by atoms with Crippen molar-refractivity contribution in [2.24, 2.45) is 0 Å². The third kappa shape index (κ3) is 4.40. The van der Waals surface area contributed by atoms with Crippen LogP contribution >= 0.6 is 11.6 Å². The van der Waals surface area contributed by atoms with E-state index in [-0.39, 0.29) is 0 Å². The monoisotopic (exact) mass is 389 g/mol. The second kappa shape index (κ2) is 7.58. The van der Waals surface area contributed by atoms with Gasteiger partial charge in [-0.15, -0.1) is 0 Å². The molecule has 144 valence electrons. The molecule has 5 N–H and O–H groups in total. The molecule has 0 saturated carbocycles. The van der Waals surface area contributed by atoms with Gasteiger partial charge >= 0.3 is 0 Å². The molecule has 0 aliphatic heterocycles. The van der Waals surface area contributed by atoms with Crippen molar-refractivity contribution < 1.29 is 5.11 Å². The summed E-state index contributed by atoms with van der Waals surface area (Å²) in [4.78, 5) is 13.5. The van der Waals surface area contributed by atoms with Gasteiger partial charge < -0.3 is 26.0 Å². The number of aryl methyl sites for hydroxylation is 1. The lowest BCUT2D eigenvalue weighted by molar-refractivity contribution is 0.0943. The topological polar surface area (TPSA) is 114 Å². The maximum Gasteiger partial charge on any atom is 0.226 e. The summed E-state index contributed by atoms with van der Waals surface area (Å²) in [5.74, 6) is 1.01. The minimum atomic E-state index is -0.883. The molecule has 0 fully saturated rings. The van der Waals surface area contributed by atoms with E-state index in [1.54, 1.807) is 26.2 Å². The lowest BCUT2D eigenvalue weighted by Crippen LogP contribution is -2.30. The smallest absolute Gasteiger partial charge is 0.226 e. The molecule has 0 amide bonds. The molecule has 27 heavy (non-hydrogen) atoms. The van der Waals surface area contributed by atoms with Crippen LogP contribution in [-0.2, 0) is 13.1 Å². The van der Waals surface area contributed by atoms with E-state index >= 15 is 0 Å². The molecule has 1 aromatic carbocycles. The normalized spacial score (nSPS) is 11.7. The lowest BCUT2D eigenvalue weighted by Gasteiger charge is -2.18. The quantitative estimate of drug-likeness (QED) is 0.459. The van der Waals surface area contributed by atoms with Crippen molar-refractivity contribution in [3.63, 3.8) is 0 Å². The molecule has 0 radical (unpaired) electrons. The average Bonchev–Trinajstić information content (AvgIpc) is 3.03. The zero-order chi connectivity index (χ0) is 19.6. The number of aromatic nitrogens is 4. The first-order valence-electron chi connectivity index (χ1n) is 8.74. The minimum Gasteiger partial charge on any atom is -0.397 e. The summed E-state index contributed by atoms with van der Waals surface area (Å²) in [6.07, 6.45) is 1.73. The minimum absolute atomic E-state index is 0.319. The fourth-order valence-corrected chi connectivity index (χ4v) is 2.78. The van der Waals surface area contributed by atoms with Crippen LogP contribution in [0, 0.1) is 0 Å². The van der Waals surface area contributed by atoms with E-state index in [9.17, 15) is 5.11 Å². The number of nitrogens with two attached hydrogens (primary N) is 1. The van der Waals surface area contributed by atoms with Crippen LogP contribution in [0.1, 0.15) is 26.3 Å². The zero-order valence-corrected chi connectivity index (χ0v) is 16.4. The largest absolute Gasteiger partial charge is 0.397 e. The molecule has 3 rings (SSSR count). The SMILES string of the molecule is CCn1cnc2c(NCc3cccc(Cl)c3N)nc(NCC(C)(C)O)nc21. The van der Waals surface area contributed by atoms with E-state index in [0.717, 1.165) is 12.1 Å². The highest BCUT2D eigenvalue weighted by atomic mass is 35.5. The predicted octanol–water partition coefficient (Wildman–Crippen LogP) is 2.88. The Labute approximate surface area is 162 Å². The number of fused-ring (bicyclic) bond motifs is 1. The molecular weight excluding hydrogens is 366 g/mol. The van der Waals surface area contributed by atoms with Crippen LogP contribution in [0.4, 0.5) is 17.5 Å². The molecule has 0 aliphatic rings. The first kappa shape index (κ1) is 19.2. The van der Waals surface area contributed by atoms with Gasteiger partial charge in [-0.2, -0.15) is 9.97 Å². The molecule has 0 unspecified atom stereocenters. The van der Waals surface area contributed by atoms with Gasteiger partial charge in [-0.3, -0.25) is 0 Å². The van der Waals surface area contributed by atoms with Gasteiger partial charge in [0.1, 0.15) is 0 Å². The van der Waals surface area contributed by atoms with Gasteiger partial charge in [-0.1, -0.05) is 23.7 Å². The number of hydrogen-bond donors (Lipinski definition) is 4. The summed E-state index contributed by atoms with van der Waals surface area (Å²) in [5, 5.41) is 16.8. The van der Waals surface area contributed by atoms with Crippen LogP contribution in [0.15, 0.2) is 24.5 Å². The standard InChI is InChI=1S/C18H24ClN7O/c1-4-26-10-23-14-15(21-8-11-6-5-7-12(19)13(11)20)24-17(25-16(14)26)22-9-18(2,3)27/h5-7,10,27H,4,8-9,20H2,1-3H3,(H2,21,22,24,25). The molecule has 3 aromatic rings. The van der Waals surface area contributed by atoms with Crippen molar-refractivity contribution in [3.05, 3.63) is 35.1 Å². The van der Waals surface area contributed by atoms with E-state index in [1.165, 1.54) is 0 Å². The number of anilines is 3. The van der Waals surface area contributed by atoms with Gasteiger partial charge in [0.25, 0.3) is 0 Å². The van der Waals surface area contributed by atoms with Crippen molar-refractivity contribution in [1.82, 2.24) is 19.5 Å². The van der Waals surface area contributed by atoms with Crippen molar-refractivity contribution in [3.8, 4) is 0 Å². The summed E-state index contributed by atoms with van der Waals surface area (Å²) in [6, 6.07) is 5.52. The molecule has 2 aromatic heterocycles. The number of benzene rings is 1. The molecule has 0 bridgehead atoms. The Kier molecular flexibility index (Phi) is 5.38. The molecule has 8 nitrogen and oxygen atoms in total. The van der Waals surface area contributed by atoms with Crippen molar-refractivity contribution >= 4 is 40.2 Å². The number of nitrogens with one attached hydrogen (secondary N) is 2. The van der Waals surface area contributed by atoms with E-state index in [4.69, 9.17) is 17.3 Å². The number of rotatable bonds is 7. The number of aliphatic hydroxyl groups is 1. The fraction of sp³-hybridized carbons (Fsp3) is 0.389. The second-order valence-electron chi connectivity index (χ2n) is 6.93. The first-order valence-corrected chi connectivity index (χ1v) is 9.12. The Balaban J connectivity index is 1.92. The molecule has 0 aliphatic carbocycles. The van der Waals surface area contributed by atoms with Crippen molar-refractivity contribution in [2.45, 2.75) is 39.5 Å². The number of nitrogen functional groups attached to an aromatic ring is 1. The molecule has 0 atom stereocenters. The molecule has 9 heteroatoms. The summed E-state index contributed by atoms with van der Waals surface area (Å²) >= 11 is 6.09. The van der Waals surface area contributed by atoms with Crippen LogP contribution in [0.2, 0.25) is 5.02 Å². The Bertz CT molecular complexity index is 949. The predicted molar refractivity (Wildman–Crippen MR) is 109 cm³/mol. The van der Waals surface area contributed by atoms with Crippen molar-refractivity contribution in [1.29, 1.82) is 0 Å². The van der Waals surface area contributed by atoms with Crippen LogP contribution in [0.5, 0.6) is 0 Å². The Morgan fingerprint density at radius 2 is 2.04 bits per heavy atom. The number of nitrogens with zero attached hydrogens (tertiary/aromatic N) is 4. The van der Waals surface area contributed by atoms with E-state index in [0.29, 0.717) is 46.7 Å². The highest BCUT2D eigenvalue weighted by molar-refractivity contribution is 6.33. The average molecular weight is 390 g/mol. The highest BCUT2D eigenvalue weighted by Gasteiger charge is 2.16. The fourth-order valence-electron chi connectivity index (χ4n) is 2.59. The number of hydrogen-bond acceptors (Lipinski definition) is 7. The number of imidazole rings is 1. The molecule has 0 saturated heterocycles. The van der Waals surface area contributed by atoms with Gasteiger partial charge in [-0.25, -0.2) is 4.98 Å². The van der Waals surface area contributed by atoms with Crippen molar-refractivity contribution in [2.75, 3.05) is 22.9 Å². The third-order valence-electron chi connectivity index (χ3n) is 4.07. The number of halogens is 1. The summed E-state index contributed by atoms with van der Waals surface area (Å²) in [5.41, 5.74) is 7.96. The summed E-state index contributed by atoms with van der Waals surface area (Å²) in [7, 11) is 0. The molecule has 0 spiro atoms. The van der Waals surface area contributed by atoms with Gasteiger partial charge in [0.2, 0.25) is 5.95 Å². The molecule has 2 heterocycles. The second-order valence-corrected chi connectivity index (χ2v) is 7.34. The Morgan fingerprint density at radius 1 is 1.26 bits per heavy atom. The number of para-hydroxylation sites is 1. The zero-order valence-electron chi connectivity index (χ0n) is 15.6. The van der Waals surface area contributed by atoms with E-state index in [2.05, 4.69) is 25.6 Å². The van der Waals surface area contributed by atoms with Crippen LogP contribution < -0.4 is 16.4 Å². The maximum atomic E-state index is 9.95.